The Kier molecular flexibility index (Phi) is 4.43. The molecule has 0 radical (unpaired) electrons. The first kappa shape index (κ1) is 18.3. The summed E-state index contributed by atoms with van der Waals surface area (Å²) in [6, 6.07) is 11.9. The molecule has 1 atom stereocenters. The second-order valence-corrected chi connectivity index (χ2v) is 7.73. The van der Waals surface area contributed by atoms with E-state index in [1.807, 2.05) is 30.3 Å². The van der Waals surface area contributed by atoms with Crippen molar-refractivity contribution in [1.29, 1.82) is 0 Å². The SMILES string of the molecule is O=C(NC(c1ccccc1)C12CC(CN1)C2)c1cc(C(F)(F)F)ccc1Cl. The van der Waals surface area contributed by atoms with Gasteiger partial charge in [-0.05, 0) is 49.1 Å². The summed E-state index contributed by atoms with van der Waals surface area (Å²) in [6.45, 7) is 0.892. The third-order valence-electron chi connectivity index (χ3n) is 5.55. The molecule has 2 N–H and O–H groups in total. The molecule has 1 unspecified atom stereocenters. The zero-order valence-corrected chi connectivity index (χ0v) is 15.1. The minimum atomic E-state index is -4.54. The molecular formula is C20H18ClF3N2O. The number of nitrogens with one attached hydrogen (secondary N) is 2. The Bertz CT molecular complexity index is 858. The lowest BCUT2D eigenvalue weighted by Crippen LogP contribution is -2.54. The van der Waals surface area contributed by atoms with Crippen LogP contribution in [-0.2, 0) is 6.18 Å². The summed E-state index contributed by atoms with van der Waals surface area (Å²) in [6.07, 6.45) is -2.67. The molecule has 142 valence electrons. The number of rotatable bonds is 4. The Morgan fingerprint density at radius 2 is 1.89 bits per heavy atom. The first-order valence-corrected chi connectivity index (χ1v) is 9.14. The van der Waals surface area contributed by atoms with Crippen LogP contribution < -0.4 is 10.6 Å². The summed E-state index contributed by atoms with van der Waals surface area (Å²) in [5.74, 6) is -0.0169. The zero-order valence-electron chi connectivity index (χ0n) is 14.3. The molecule has 1 amide bonds. The van der Waals surface area contributed by atoms with Crippen LogP contribution in [0.15, 0.2) is 48.5 Å². The van der Waals surface area contributed by atoms with Crippen molar-refractivity contribution in [1.82, 2.24) is 10.6 Å². The number of alkyl halides is 3. The maximum absolute atomic E-state index is 13.0. The van der Waals surface area contributed by atoms with Gasteiger partial charge in [0.2, 0.25) is 0 Å². The van der Waals surface area contributed by atoms with E-state index in [1.54, 1.807) is 0 Å². The molecule has 0 aromatic heterocycles. The molecule has 5 rings (SSSR count). The summed E-state index contributed by atoms with van der Waals surface area (Å²) >= 11 is 6.03. The fourth-order valence-electron chi connectivity index (χ4n) is 4.21. The standard InChI is InChI=1S/C20H18ClF3N2O/c21-16-7-6-14(20(22,23)24)8-15(16)18(27)26-17(13-4-2-1-3-5-13)19-9-12(10-19)11-25-19/h1-8,12,17,25H,9-11H2,(H,26,27). The zero-order chi connectivity index (χ0) is 19.2. The molecule has 2 aromatic rings. The van der Waals surface area contributed by atoms with E-state index in [1.165, 1.54) is 0 Å². The number of hydrogen-bond acceptors (Lipinski definition) is 2. The maximum Gasteiger partial charge on any atom is 0.416 e. The van der Waals surface area contributed by atoms with Gasteiger partial charge in [0.1, 0.15) is 0 Å². The topological polar surface area (TPSA) is 41.1 Å². The van der Waals surface area contributed by atoms with Crippen LogP contribution in [0.1, 0.15) is 40.4 Å². The van der Waals surface area contributed by atoms with Gasteiger partial charge in [-0.25, -0.2) is 0 Å². The smallest absolute Gasteiger partial charge is 0.343 e. The fraction of sp³-hybridized carbons (Fsp3) is 0.350. The first-order valence-electron chi connectivity index (χ1n) is 8.76. The monoisotopic (exact) mass is 394 g/mol. The molecule has 2 aromatic carbocycles. The van der Waals surface area contributed by atoms with Crippen molar-refractivity contribution < 1.29 is 18.0 Å². The summed E-state index contributed by atoms with van der Waals surface area (Å²) in [5.41, 5.74) is -0.399. The predicted molar refractivity (Wildman–Crippen MR) is 96.6 cm³/mol. The largest absolute Gasteiger partial charge is 0.416 e. The summed E-state index contributed by atoms with van der Waals surface area (Å²) in [4.78, 5) is 12.9. The molecule has 2 heterocycles. The third-order valence-corrected chi connectivity index (χ3v) is 5.88. The number of amides is 1. The molecule has 7 heteroatoms. The average molecular weight is 395 g/mol. The van der Waals surface area contributed by atoms with Gasteiger partial charge in [0.05, 0.1) is 22.2 Å². The van der Waals surface area contributed by atoms with Crippen molar-refractivity contribution in [3.05, 3.63) is 70.2 Å². The molecule has 2 saturated heterocycles. The lowest BCUT2D eigenvalue weighted by molar-refractivity contribution is -0.137. The van der Waals surface area contributed by atoms with Crippen LogP contribution in [0.4, 0.5) is 13.2 Å². The number of benzene rings is 2. The van der Waals surface area contributed by atoms with E-state index in [-0.39, 0.29) is 22.2 Å². The first-order chi connectivity index (χ1) is 12.8. The maximum atomic E-state index is 13.0. The van der Waals surface area contributed by atoms with Gasteiger partial charge >= 0.3 is 6.18 Å². The van der Waals surface area contributed by atoms with E-state index >= 15 is 0 Å². The highest BCUT2D eigenvalue weighted by Crippen LogP contribution is 2.50. The van der Waals surface area contributed by atoms with E-state index in [0.29, 0.717) is 5.92 Å². The van der Waals surface area contributed by atoms with Gasteiger partial charge in [0.15, 0.2) is 0 Å². The van der Waals surface area contributed by atoms with Crippen molar-refractivity contribution in [3.8, 4) is 0 Å². The van der Waals surface area contributed by atoms with Gasteiger partial charge < -0.3 is 10.6 Å². The number of halogens is 4. The number of fused-ring (bicyclic) bond motifs is 1. The molecule has 3 nitrogen and oxygen atoms in total. The van der Waals surface area contributed by atoms with Crippen molar-refractivity contribution in [2.45, 2.75) is 30.6 Å². The van der Waals surface area contributed by atoms with Crippen molar-refractivity contribution in [3.63, 3.8) is 0 Å². The van der Waals surface area contributed by atoms with Crippen LogP contribution in [0.3, 0.4) is 0 Å². The van der Waals surface area contributed by atoms with Crippen LogP contribution in [0.5, 0.6) is 0 Å². The van der Waals surface area contributed by atoms with Gasteiger partial charge in [0.25, 0.3) is 5.91 Å². The van der Waals surface area contributed by atoms with Crippen LogP contribution in [0.2, 0.25) is 5.02 Å². The molecule has 1 aliphatic carbocycles. The molecule has 27 heavy (non-hydrogen) atoms. The van der Waals surface area contributed by atoms with Crippen LogP contribution in [-0.4, -0.2) is 18.0 Å². The molecule has 3 fully saturated rings. The second-order valence-electron chi connectivity index (χ2n) is 7.32. The van der Waals surface area contributed by atoms with Crippen LogP contribution >= 0.6 is 11.6 Å². The Hall–Kier alpha value is -2.05. The normalized spacial score (nSPS) is 25.0. The fourth-order valence-corrected chi connectivity index (χ4v) is 4.42. The minimum Gasteiger partial charge on any atom is -0.343 e. The summed E-state index contributed by atoms with van der Waals surface area (Å²) in [5, 5.41) is 6.42. The van der Waals surface area contributed by atoms with Gasteiger partial charge in [-0.1, -0.05) is 41.9 Å². The van der Waals surface area contributed by atoms with Gasteiger partial charge in [-0.3, -0.25) is 4.79 Å². The highest BCUT2D eigenvalue weighted by Gasteiger charge is 2.55. The average Bonchev–Trinajstić information content (AvgIpc) is 3.21. The number of hydrogen-bond donors (Lipinski definition) is 2. The third kappa shape index (κ3) is 3.32. The number of carbonyl (C=O) groups is 1. The second kappa shape index (κ2) is 6.53. The van der Waals surface area contributed by atoms with Crippen molar-refractivity contribution in [2.75, 3.05) is 6.54 Å². The van der Waals surface area contributed by atoms with Gasteiger partial charge in [-0.15, -0.1) is 0 Å². The summed E-state index contributed by atoms with van der Waals surface area (Å²) < 4.78 is 39.1. The van der Waals surface area contributed by atoms with Crippen LogP contribution in [0, 0.1) is 5.92 Å². The molecule has 2 aliphatic heterocycles. The Balaban J connectivity index is 1.65. The highest BCUT2D eigenvalue weighted by molar-refractivity contribution is 6.33. The van der Waals surface area contributed by atoms with E-state index in [0.717, 1.165) is 43.1 Å². The molecule has 3 aliphatic rings. The summed E-state index contributed by atoms with van der Waals surface area (Å²) in [7, 11) is 0. The van der Waals surface area contributed by atoms with Gasteiger partial charge in [-0.2, -0.15) is 13.2 Å². The quantitative estimate of drug-likeness (QED) is 0.796. The van der Waals surface area contributed by atoms with Crippen molar-refractivity contribution >= 4 is 17.5 Å². The molecular weight excluding hydrogens is 377 g/mol. The molecule has 0 spiro atoms. The highest BCUT2D eigenvalue weighted by atomic mass is 35.5. The van der Waals surface area contributed by atoms with E-state index in [4.69, 9.17) is 11.6 Å². The minimum absolute atomic E-state index is 0.00400. The van der Waals surface area contributed by atoms with E-state index in [9.17, 15) is 18.0 Å². The Labute approximate surface area is 159 Å². The molecule has 2 bridgehead atoms. The van der Waals surface area contributed by atoms with E-state index in [2.05, 4.69) is 10.6 Å². The van der Waals surface area contributed by atoms with Gasteiger partial charge in [0, 0.05) is 5.54 Å². The lowest BCUT2D eigenvalue weighted by atomic mass is 9.67. The Morgan fingerprint density at radius 3 is 2.48 bits per heavy atom. The molecule has 1 saturated carbocycles. The Morgan fingerprint density at radius 1 is 1.19 bits per heavy atom. The van der Waals surface area contributed by atoms with E-state index < -0.39 is 17.6 Å². The number of carbonyl (C=O) groups excluding carboxylic acids is 1. The predicted octanol–water partition coefficient (Wildman–Crippen LogP) is 4.58. The van der Waals surface area contributed by atoms with Crippen LogP contribution in [0.25, 0.3) is 0 Å². The lowest BCUT2D eigenvalue weighted by Gasteiger charge is -2.44. The van der Waals surface area contributed by atoms with Crippen molar-refractivity contribution in [2.24, 2.45) is 5.92 Å².